The van der Waals surface area contributed by atoms with Crippen LogP contribution in [0.3, 0.4) is 0 Å². The molecule has 0 fully saturated rings. The topological polar surface area (TPSA) is 50.2 Å². The Kier molecular flexibility index (Phi) is 13.3. The number of rotatable bonds is 8. The Labute approximate surface area is 231 Å². The van der Waals surface area contributed by atoms with Crippen LogP contribution in [0.2, 0.25) is 0 Å². The van der Waals surface area contributed by atoms with E-state index in [0.717, 1.165) is 41.6 Å². The minimum absolute atomic E-state index is 0. The van der Waals surface area contributed by atoms with Crippen LogP contribution in [-0.4, -0.2) is 15.9 Å². The van der Waals surface area contributed by atoms with Crippen LogP contribution in [0, 0.1) is 37.7 Å². The number of benzene rings is 2. The van der Waals surface area contributed by atoms with Crippen molar-refractivity contribution in [2.24, 2.45) is 17.8 Å². The number of aliphatic hydroxyl groups excluding tert-OH is 1. The van der Waals surface area contributed by atoms with Crippen LogP contribution in [0.15, 0.2) is 54.3 Å². The van der Waals surface area contributed by atoms with Gasteiger partial charge < -0.3 is 5.11 Å². The van der Waals surface area contributed by atoms with E-state index in [1.807, 2.05) is 27.7 Å². The second kappa shape index (κ2) is 15.1. The SMILES string of the molecule is CCC(CC)/C(O)=C/C(=O)C(C)C.Cc1[c-]c(-c2ccc3c(CC(C)C)cccc3n2)cc(C)c1.[Ir]. The van der Waals surface area contributed by atoms with Gasteiger partial charge in [-0.25, -0.2) is 0 Å². The number of allylic oxidation sites excluding steroid dienone is 2. The van der Waals surface area contributed by atoms with E-state index in [-0.39, 0.29) is 43.5 Å². The summed E-state index contributed by atoms with van der Waals surface area (Å²) in [4.78, 5) is 16.1. The number of aliphatic hydroxyl groups is 1. The molecule has 0 spiro atoms. The van der Waals surface area contributed by atoms with Crippen molar-refractivity contribution in [3.05, 3.63) is 77.1 Å². The number of pyridine rings is 1. The molecule has 1 heterocycles. The number of carbonyl (C=O) groups excluding carboxylic acids is 1. The van der Waals surface area contributed by atoms with Crippen molar-refractivity contribution >= 4 is 16.7 Å². The first-order valence-electron chi connectivity index (χ1n) is 12.9. The van der Waals surface area contributed by atoms with E-state index >= 15 is 0 Å². The number of carbonyl (C=O) groups is 1. The molecule has 0 amide bonds. The second-order valence-corrected chi connectivity index (χ2v) is 10.2. The van der Waals surface area contributed by atoms with Gasteiger partial charge in [0, 0.05) is 43.4 Å². The van der Waals surface area contributed by atoms with Crippen molar-refractivity contribution in [3.63, 3.8) is 0 Å². The summed E-state index contributed by atoms with van der Waals surface area (Å²) >= 11 is 0. The molecule has 0 aliphatic carbocycles. The molecule has 1 N–H and O–H groups in total. The third-order valence-electron chi connectivity index (χ3n) is 6.14. The van der Waals surface area contributed by atoms with Crippen LogP contribution in [0.25, 0.3) is 22.2 Å². The molecule has 3 nitrogen and oxygen atoms in total. The summed E-state index contributed by atoms with van der Waals surface area (Å²) in [6.45, 7) is 16.4. The molecule has 0 atom stereocenters. The minimum atomic E-state index is -0.0310. The number of hydrogen-bond donors (Lipinski definition) is 1. The summed E-state index contributed by atoms with van der Waals surface area (Å²) in [6, 6.07) is 18.5. The molecule has 36 heavy (non-hydrogen) atoms. The third-order valence-corrected chi connectivity index (χ3v) is 6.14. The Morgan fingerprint density at radius 3 is 2.25 bits per heavy atom. The van der Waals surface area contributed by atoms with Gasteiger partial charge in [0.05, 0.1) is 11.3 Å². The first kappa shape index (κ1) is 31.7. The molecule has 0 saturated heterocycles. The Morgan fingerprint density at radius 1 is 1.03 bits per heavy atom. The van der Waals surface area contributed by atoms with Gasteiger partial charge in [-0.1, -0.05) is 79.7 Å². The van der Waals surface area contributed by atoms with Crippen molar-refractivity contribution in [1.82, 2.24) is 4.98 Å². The Balaban J connectivity index is 0.000000402. The van der Waals surface area contributed by atoms with Gasteiger partial charge in [-0.05, 0) is 42.5 Å². The number of ketones is 1. The van der Waals surface area contributed by atoms with Gasteiger partial charge in [-0.15, -0.1) is 34.9 Å². The average molecular weight is 665 g/mol. The van der Waals surface area contributed by atoms with Gasteiger partial charge in [0.1, 0.15) is 0 Å². The zero-order valence-corrected chi connectivity index (χ0v) is 25.5. The maximum atomic E-state index is 11.3. The molecule has 0 unspecified atom stereocenters. The van der Waals surface area contributed by atoms with Gasteiger partial charge >= 0.3 is 0 Å². The maximum Gasteiger partial charge on any atom is 0.161 e. The minimum Gasteiger partial charge on any atom is -0.512 e. The van der Waals surface area contributed by atoms with Gasteiger partial charge in [-0.2, -0.15) is 0 Å². The summed E-state index contributed by atoms with van der Waals surface area (Å²) in [5, 5.41) is 10.8. The second-order valence-electron chi connectivity index (χ2n) is 10.2. The fourth-order valence-corrected chi connectivity index (χ4v) is 4.16. The summed E-state index contributed by atoms with van der Waals surface area (Å²) < 4.78 is 0. The number of nitrogens with zero attached hydrogens (tertiary/aromatic N) is 1. The number of fused-ring (bicyclic) bond motifs is 1. The predicted molar refractivity (Wildman–Crippen MR) is 149 cm³/mol. The Hall–Kier alpha value is -2.29. The first-order valence-corrected chi connectivity index (χ1v) is 12.9. The molecule has 0 saturated carbocycles. The zero-order chi connectivity index (χ0) is 26.1. The first-order chi connectivity index (χ1) is 16.5. The van der Waals surface area contributed by atoms with E-state index in [2.05, 4.69) is 76.2 Å². The average Bonchev–Trinajstić information content (AvgIpc) is 2.79. The van der Waals surface area contributed by atoms with Crippen LogP contribution in [0.1, 0.15) is 71.1 Å². The standard InChI is InChI=1S/C21H22N.C11H20O2.Ir/c1-14(2)10-17-6-5-7-21-19(17)8-9-20(22-21)18-12-15(3)11-16(4)13-18;1-5-9(6-2)11(13)7-10(12)8(3)4;/h5-9,11-12,14H,10H2,1-4H3;7-9,13H,5-6H2,1-4H3;/q-1;;/b;11-7-;. The Bertz CT molecular complexity index is 1140. The van der Waals surface area contributed by atoms with Crippen molar-refractivity contribution in [2.75, 3.05) is 0 Å². The van der Waals surface area contributed by atoms with E-state index in [9.17, 15) is 9.90 Å². The molecule has 0 bridgehead atoms. The van der Waals surface area contributed by atoms with Gasteiger partial charge in [0.25, 0.3) is 0 Å². The summed E-state index contributed by atoms with van der Waals surface area (Å²) in [5.74, 6) is 1.00. The van der Waals surface area contributed by atoms with Crippen LogP contribution in [-0.2, 0) is 31.3 Å². The number of aryl methyl sites for hydroxylation is 2. The zero-order valence-electron chi connectivity index (χ0n) is 23.1. The van der Waals surface area contributed by atoms with Crippen LogP contribution in [0.4, 0.5) is 0 Å². The summed E-state index contributed by atoms with van der Waals surface area (Å²) in [5.41, 5.74) is 6.95. The van der Waals surface area contributed by atoms with E-state index < -0.39 is 0 Å². The van der Waals surface area contributed by atoms with Gasteiger partial charge in [0.2, 0.25) is 0 Å². The molecule has 3 aromatic rings. The quantitative estimate of drug-likeness (QED) is 0.149. The monoisotopic (exact) mass is 665 g/mol. The van der Waals surface area contributed by atoms with Crippen molar-refractivity contribution in [1.29, 1.82) is 0 Å². The van der Waals surface area contributed by atoms with Gasteiger partial charge in [-0.3, -0.25) is 9.78 Å². The molecule has 2 aromatic carbocycles. The normalized spacial score (nSPS) is 11.5. The van der Waals surface area contributed by atoms with E-state index in [1.165, 1.54) is 22.6 Å². The Morgan fingerprint density at radius 2 is 1.69 bits per heavy atom. The number of hydrogen-bond acceptors (Lipinski definition) is 3. The fourth-order valence-electron chi connectivity index (χ4n) is 4.16. The van der Waals surface area contributed by atoms with Crippen molar-refractivity contribution < 1.29 is 30.0 Å². The van der Waals surface area contributed by atoms with Crippen molar-refractivity contribution in [3.8, 4) is 11.3 Å². The summed E-state index contributed by atoms with van der Waals surface area (Å²) in [6.07, 6.45) is 4.23. The van der Waals surface area contributed by atoms with Crippen LogP contribution < -0.4 is 0 Å². The summed E-state index contributed by atoms with van der Waals surface area (Å²) in [7, 11) is 0. The fraction of sp³-hybridized carbons (Fsp3) is 0.438. The van der Waals surface area contributed by atoms with E-state index in [4.69, 9.17) is 4.98 Å². The smallest absolute Gasteiger partial charge is 0.161 e. The molecule has 1 radical (unpaired) electrons. The molecular formula is C32H42IrNO2-. The van der Waals surface area contributed by atoms with Crippen molar-refractivity contribution in [2.45, 2.75) is 74.7 Å². The molecule has 0 aliphatic rings. The van der Waals surface area contributed by atoms with E-state index in [1.54, 1.807) is 0 Å². The molecule has 4 heteroatoms. The van der Waals surface area contributed by atoms with Crippen LogP contribution >= 0.6 is 0 Å². The van der Waals surface area contributed by atoms with Crippen LogP contribution in [0.5, 0.6) is 0 Å². The molecular weight excluding hydrogens is 623 g/mol. The number of aromatic nitrogens is 1. The largest absolute Gasteiger partial charge is 0.512 e. The molecule has 197 valence electrons. The third kappa shape index (κ3) is 9.30. The molecule has 1 aromatic heterocycles. The predicted octanol–water partition coefficient (Wildman–Crippen LogP) is 8.60. The molecule has 0 aliphatic heterocycles. The van der Waals surface area contributed by atoms with Gasteiger partial charge in [0.15, 0.2) is 5.78 Å². The maximum absolute atomic E-state index is 11.3. The molecule has 3 rings (SSSR count). The van der Waals surface area contributed by atoms with E-state index in [0.29, 0.717) is 5.92 Å².